The van der Waals surface area contributed by atoms with Crippen LogP contribution in [0.2, 0.25) is 0 Å². The highest BCUT2D eigenvalue weighted by molar-refractivity contribution is 5.94. The van der Waals surface area contributed by atoms with Crippen molar-refractivity contribution in [1.29, 1.82) is 5.26 Å². The average molecular weight is 537 g/mol. The molecule has 1 aliphatic rings. The number of piperazine rings is 1. The van der Waals surface area contributed by atoms with Crippen LogP contribution in [0.3, 0.4) is 0 Å². The number of fused-ring (bicyclic) bond motifs is 1. The molecule has 2 aromatic carbocycles. The zero-order chi connectivity index (χ0) is 28.6. The van der Waals surface area contributed by atoms with Crippen molar-refractivity contribution in [2.75, 3.05) is 34.8 Å². The molecule has 0 radical (unpaired) electrons. The largest absolute Gasteiger partial charge is 0.478 e. The molecule has 9 heteroatoms. The van der Waals surface area contributed by atoms with Gasteiger partial charge in [-0.25, -0.2) is 9.78 Å². The van der Waals surface area contributed by atoms with Gasteiger partial charge in [-0.15, -0.1) is 0 Å². The molecule has 4 aromatic rings. The standard InChI is InChI=1S/C31H32N6O3/c1-19-15-26(22(4)33-27-8-6-5-7-25(27)31(39)40)29-34-28(21(3)30(38)37(29)17-19)35-13-14-36(20(2)18-35)24-11-9-23(16-32)10-12-24/h5-12,15,17,20,22,33H,13-14,18H2,1-4H3,(H,39,40)/t20-,22?/m1/s1. The summed E-state index contributed by atoms with van der Waals surface area (Å²) in [4.78, 5) is 34.9. The van der Waals surface area contributed by atoms with E-state index in [1.165, 1.54) is 0 Å². The van der Waals surface area contributed by atoms with Crippen LogP contribution in [0.1, 0.15) is 52.5 Å². The number of nitrogens with one attached hydrogen (secondary N) is 1. The molecular weight excluding hydrogens is 504 g/mol. The fraction of sp³-hybridized carbons (Fsp3) is 0.290. The first-order valence-corrected chi connectivity index (χ1v) is 13.3. The van der Waals surface area contributed by atoms with Crippen molar-refractivity contribution in [2.24, 2.45) is 0 Å². The predicted octanol–water partition coefficient (Wildman–Crippen LogP) is 4.77. The summed E-state index contributed by atoms with van der Waals surface area (Å²) < 4.78 is 1.60. The molecule has 2 aromatic heterocycles. The summed E-state index contributed by atoms with van der Waals surface area (Å²) >= 11 is 0. The number of aromatic carboxylic acids is 1. The average Bonchev–Trinajstić information content (AvgIpc) is 2.95. The highest BCUT2D eigenvalue weighted by Crippen LogP contribution is 2.29. The van der Waals surface area contributed by atoms with Gasteiger partial charge in [0.2, 0.25) is 0 Å². The van der Waals surface area contributed by atoms with E-state index in [1.807, 2.05) is 51.1 Å². The first kappa shape index (κ1) is 26.8. The van der Waals surface area contributed by atoms with Gasteiger partial charge < -0.3 is 20.2 Å². The molecule has 0 bridgehead atoms. The summed E-state index contributed by atoms with van der Waals surface area (Å²) in [5.41, 5.74) is 5.11. The summed E-state index contributed by atoms with van der Waals surface area (Å²) in [6.45, 7) is 9.96. The third kappa shape index (κ3) is 4.96. The zero-order valence-electron chi connectivity index (χ0n) is 23.0. The van der Waals surface area contributed by atoms with Gasteiger partial charge in [0, 0.05) is 48.8 Å². The molecule has 1 fully saturated rings. The van der Waals surface area contributed by atoms with Gasteiger partial charge in [-0.05, 0) is 75.7 Å². The molecule has 3 heterocycles. The van der Waals surface area contributed by atoms with Crippen LogP contribution in [-0.4, -0.2) is 46.1 Å². The van der Waals surface area contributed by atoms with Gasteiger partial charge in [0.1, 0.15) is 11.5 Å². The topological polar surface area (TPSA) is 114 Å². The van der Waals surface area contributed by atoms with Crippen molar-refractivity contribution < 1.29 is 9.90 Å². The molecule has 1 saturated heterocycles. The fourth-order valence-electron chi connectivity index (χ4n) is 5.48. The molecule has 5 rings (SSSR count). The van der Waals surface area contributed by atoms with E-state index in [0.29, 0.717) is 41.4 Å². The van der Waals surface area contributed by atoms with Crippen LogP contribution in [0.15, 0.2) is 65.6 Å². The SMILES string of the molecule is Cc1cc(C(C)Nc2ccccc2C(=O)O)c2nc(N3CCN(c4ccc(C#N)cc4)[C@H](C)C3)c(C)c(=O)n2c1. The molecule has 1 unspecified atom stereocenters. The van der Waals surface area contributed by atoms with Gasteiger partial charge in [0.25, 0.3) is 5.56 Å². The maximum atomic E-state index is 13.6. The first-order valence-electron chi connectivity index (χ1n) is 13.3. The van der Waals surface area contributed by atoms with Crippen molar-refractivity contribution in [3.63, 3.8) is 0 Å². The Morgan fingerprint density at radius 3 is 2.55 bits per heavy atom. The first-order chi connectivity index (χ1) is 19.2. The lowest BCUT2D eigenvalue weighted by Gasteiger charge is -2.42. The minimum atomic E-state index is -1.01. The number of hydrogen-bond acceptors (Lipinski definition) is 7. The molecule has 9 nitrogen and oxygen atoms in total. The zero-order valence-corrected chi connectivity index (χ0v) is 23.0. The molecule has 1 aliphatic heterocycles. The molecule has 0 amide bonds. The van der Waals surface area contributed by atoms with Gasteiger partial charge in [-0.3, -0.25) is 9.20 Å². The molecule has 2 N–H and O–H groups in total. The predicted molar refractivity (Wildman–Crippen MR) is 157 cm³/mol. The Bertz CT molecular complexity index is 1690. The quantitative estimate of drug-likeness (QED) is 0.362. The molecule has 0 spiro atoms. The van der Waals surface area contributed by atoms with Gasteiger partial charge in [-0.2, -0.15) is 5.26 Å². The third-order valence-corrected chi connectivity index (χ3v) is 7.54. The normalized spacial score (nSPS) is 16.0. The molecule has 0 saturated carbocycles. The second-order valence-electron chi connectivity index (χ2n) is 10.4. The van der Waals surface area contributed by atoms with E-state index >= 15 is 0 Å². The highest BCUT2D eigenvalue weighted by atomic mass is 16.4. The number of rotatable bonds is 6. The number of carbonyl (C=O) groups is 1. The summed E-state index contributed by atoms with van der Waals surface area (Å²) in [5.74, 6) is -0.342. The summed E-state index contributed by atoms with van der Waals surface area (Å²) in [5, 5.41) is 22.1. The van der Waals surface area contributed by atoms with Crippen LogP contribution in [0.25, 0.3) is 5.65 Å². The van der Waals surface area contributed by atoms with Crippen LogP contribution in [0.5, 0.6) is 0 Å². The summed E-state index contributed by atoms with van der Waals surface area (Å²) in [6, 6.07) is 18.4. The smallest absolute Gasteiger partial charge is 0.337 e. The number of nitrogens with zero attached hydrogens (tertiary/aromatic N) is 5. The Labute approximate surface area is 232 Å². The lowest BCUT2D eigenvalue weighted by Crippen LogP contribution is -2.53. The minimum absolute atomic E-state index is 0.120. The van der Waals surface area contributed by atoms with Crippen molar-refractivity contribution in [3.05, 3.63) is 99.0 Å². The van der Waals surface area contributed by atoms with Crippen LogP contribution in [0.4, 0.5) is 17.2 Å². The van der Waals surface area contributed by atoms with Crippen molar-refractivity contribution in [1.82, 2.24) is 9.38 Å². The number of aromatic nitrogens is 2. The van der Waals surface area contributed by atoms with Crippen LogP contribution < -0.4 is 20.7 Å². The number of para-hydroxylation sites is 1. The molecule has 0 aliphatic carbocycles. The van der Waals surface area contributed by atoms with Gasteiger partial charge in [0.05, 0.1) is 28.8 Å². The summed E-state index contributed by atoms with van der Waals surface area (Å²) in [6.07, 6.45) is 1.80. The number of nitriles is 1. The molecule has 40 heavy (non-hydrogen) atoms. The Morgan fingerprint density at radius 2 is 1.88 bits per heavy atom. The van der Waals surface area contributed by atoms with Gasteiger partial charge in [0.15, 0.2) is 0 Å². The van der Waals surface area contributed by atoms with E-state index in [2.05, 4.69) is 28.1 Å². The Balaban J connectivity index is 1.49. The number of benzene rings is 2. The lowest BCUT2D eigenvalue weighted by atomic mass is 10.1. The maximum Gasteiger partial charge on any atom is 0.337 e. The molecule has 204 valence electrons. The van der Waals surface area contributed by atoms with Crippen molar-refractivity contribution >= 4 is 28.8 Å². The van der Waals surface area contributed by atoms with Crippen LogP contribution in [-0.2, 0) is 0 Å². The second-order valence-corrected chi connectivity index (χ2v) is 10.4. The monoisotopic (exact) mass is 536 g/mol. The fourth-order valence-corrected chi connectivity index (χ4v) is 5.48. The Hall–Kier alpha value is -4.84. The number of carboxylic acid groups (broad SMARTS) is 1. The highest BCUT2D eigenvalue weighted by Gasteiger charge is 2.27. The van der Waals surface area contributed by atoms with E-state index in [4.69, 9.17) is 10.2 Å². The van der Waals surface area contributed by atoms with E-state index in [0.717, 1.165) is 23.4 Å². The van der Waals surface area contributed by atoms with Gasteiger partial charge >= 0.3 is 5.97 Å². The second kappa shape index (κ2) is 10.7. The van der Waals surface area contributed by atoms with E-state index < -0.39 is 5.97 Å². The van der Waals surface area contributed by atoms with Crippen molar-refractivity contribution in [3.8, 4) is 6.07 Å². The summed E-state index contributed by atoms with van der Waals surface area (Å²) in [7, 11) is 0. The van der Waals surface area contributed by atoms with E-state index in [1.54, 1.807) is 34.9 Å². The molecular formula is C31H32N6O3. The minimum Gasteiger partial charge on any atom is -0.478 e. The number of hydrogen-bond donors (Lipinski definition) is 2. The number of anilines is 3. The van der Waals surface area contributed by atoms with Crippen molar-refractivity contribution in [2.45, 2.75) is 39.8 Å². The maximum absolute atomic E-state index is 13.6. The number of pyridine rings is 1. The van der Waals surface area contributed by atoms with Gasteiger partial charge in [-0.1, -0.05) is 12.1 Å². The number of aryl methyl sites for hydroxylation is 1. The lowest BCUT2D eigenvalue weighted by molar-refractivity contribution is 0.0698. The van der Waals surface area contributed by atoms with E-state index in [-0.39, 0.29) is 23.2 Å². The molecule has 2 atom stereocenters. The Morgan fingerprint density at radius 1 is 1.15 bits per heavy atom. The van der Waals surface area contributed by atoms with Crippen LogP contribution in [0, 0.1) is 25.2 Å². The van der Waals surface area contributed by atoms with E-state index in [9.17, 15) is 14.7 Å². The third-order valence-electron chi connectivity index (χ3n) is 7.54. The number of carboxylic acids is 1. The Kier molecular flexibility index (Phi) is 7.18. The van der Waals surface area contributed by atoms with Crippen LogP contribution >= 0.6 is 0 Å².